The lowest BCUT2D eigenvalue weighted by Gasteiger charge is -2.10. The van der Waals surface area contributed by atoms with Crippen molar-refractivity contribution in [1.29, 1.82) is 0 Å². The van der Waals surface area contributed by atoms with Crippen LogP contribution in [-0.4, -0.2) is 15.0 Å². The molecule has 4 heterocycles. The summed E-state index contributed by atoms with van der Waals surface area (Å²) in [6.07, 6.45) is 0. The molecular formula is C45H25N3OS2. The molecule has 0 spiro atoms. The Balaban J connectivity index is 1.16. The molecule has 4 nitrogen and oxygen atoms in total. The summed E-state index contributed by atoms with van der Waals surface area (Å²) in [4.78, 5) is 15.5. The van der Waals surface area contributed by atoms with Crippen LogP contribution < -0.4 is 0 Å². The van der Waals surface area contributed by atoms with Gasteiger partial charge in [-0.25, -0.2) is 15.0 Å². The van der Waals surface area contributed by atoms with Crippen molar-refractivity contribution >= 4 is 85.0 Å². The third-order valence-electron chi connectivity index (χ3n) is 9.76. The van der Waals surface area contributed by atoms with Gasteiger partial charge in [0.05, 0.1) is 0 Å². The largest absolute Gasteiger partial charge is 0.456 e. The molecule has 238 valence electrons. The first kappa shape index (κ1) is 28.6. The second-order valence-electron chi connectivity index (χ2n) is 12.7. The van der Waals surface area contributed by atoms with Gasteiger partial charge in [-0.2, -0.15) is 0 Å². The van der Waals surface area contributed by atoms with E-state index in [2.05, 4.69) is 121 Å². The van der Waals surface area contributed by atoms with Crippen molar-refractivity contribution in [2.24, 2.45) is 0 Å². The first-order chi connectivity index (χ1) is 25.3. The van der Waals surface area contributed by atoms with E-state index >= 15 is 0 Å². The number of aromatic nitrogens is 3. The Bertz CT molecular complexity index is 3160. The van der Waals surface area contributed by atoms with E-state index in [4.69, 9.17) is 19.4 Å². The molecule has 4 aromatic heterocycles. The van der Waals surface area contributed by atoms with Gasteiger partial charge in [-0.15, -0.1) is 22.7 Å². The highest BCUT2D eigenvalue weighted by atomic mass is 32.1. The maximum Gasteiger partial charge on any atom is 0.165 e. The Hall–Kier alpha value is -6.21. The van der Waals surface area contributed by atoms with Crippen molar-refractivity contribution in [3.8, 4) is 45.3 Å². The van der Waals surface area contributed by atoms with Gasteiger partial charge >= 0.3 is 0 Å². The second kappa shape index (κ2) is 11.2. The molecule has 11 rings (SSSR count). The molecule has 0 N–H and O–H groups in total. The third-order valence-corrected chi connectivity index (χ3v) is 12.1. The Morgan fingerprint density at radius 3 is 1.90 bits per heavy atom. The van der Waals surface area contributed by atoms with E-state index in [1.807, 2.05) is 41.7 Å². The molecule has 0 atom stereocenters. The minimum Gasteiger partial charge on any atom is -0.456 e. The van der Waals surface area contributed by atoms with Gasteiger partial charge in [0.15, 0.2) is 17.5 Å². The zero-order valence-electron chi connectivity index (χ0n) is 27.0. The lowest BCUT2D eigenvalue weighted by Crippen LogP contribution is -2.00. The number of benzene rings is 7. The van der Waals surface area contributed by atoms with Crippen LogP contribution in [0.15, 0.2) is 156 Å². The van der Waals surface area contributed by atoms with Crippen molar-refractivity contribution in [3.63, 3.8) is 0 Å². The maximum absolute atomic E-state index is 6.50. The van der Waals surface area contributed by atoms with Crippen molar-refractivity contribution in [3.05, 3.63) is 152 Å². The summed E-state index contributed by atoms with van der Waals surface area (Å²) in [5.74, 6) is 1.90. The molecule has 0 amide bonds. The number of rotatable bonds is 4. The number of thiophene rings is 2. The highest BCUT2D eigenvalue weighted by molar-refractivity contribution is 7.26. The SMILES string of the molecule is c1ccc(-c2nc(-c3cccc4c3sc3ccccc34)nc(-c3cccc4oc5ccc(-c6cccc7sc8ccccc8c67)cc5c34)n2)cc1. The molecule has 7 aromatic carbocycles. The third kappa shape index (κ3) is 4.47. The summed E-state index contributed by atoms with van der Waals surface area (Å²) in [6.45, 7) is 0. The summed E-state index contributed by atoms with van der Waals surface area (Å²) in [7, 11) is 0. The predicted molar refractivity (Wildman–Crippen MR) is 215 cm³/mol. The topological polar surface area (TPSA) is 51.8 Å². The smallest absolute Gasteiger partial charge is 0.165 e. The van der Waals surface area contributed by atoms with E-state index in [1.165, 1.54) is 45.9 Å². The molecule has 51 heavy (non-hydrogen) atoms. The van der Waals surface area contributed by atoms with E-state index in [1.54, 1.807) is 11.3 Å². The highest BCUT2D eigenvalue weighted by Gasteiger charge is 2.20. The molecule has 0 saturated carbocycles. The molecule has 0 aliphatic heterocycles. The zero-order valence-corrected chi connectivity index (χ0v) is 28.6. The summed E-state index contributed by atoms with van der Waals surface area (Å²) in [6, 6.07) is 53.1. The van der Waals surface area contributed by atoms with Crippen LogP contribution in [0.1, 0.15) is 0 Å². The molecule has 0 bridgehead atoms. The monoisotopic (exact) mass is 687 g/mol. The quantitative estimate of drug-likeness (QED) is 0.185. The van der Waals surface area contributed by atoms with Gasteiger partial charge in [-0.1, -0.05) is 109 Å². The minimum absolute atomic E-state index is 0.613. The van der Waals surface area contributed by atoms with Gasteiger partial charge in [0.2, 0.25) is 0 Å². The summed E-state index contributed by atoms with van der Waals surface area (Å²) < 4.78 is 11.5. The van der Waals surface area contributed by atoms with Crippen LogP contribution in [0.2, 0.25) is 0 Å². The molecule has 0 aliphatic rings. The number of nitrogens with zero attached hydrogens (tertiary/aromatic N) is 3. The van der Waals surface area contributed by atoms with Crippen LogP contribution in [-0.2, 0) is 0 Å². The molecular weight excluding hydrogens is 663 g/mol. The zero-order chi connectivity index (χ0) is 33.5. The molecule has 0 saturated heterocycles. The van der Waals surface area contributed by atoms with E-state index in [-0.39, 0.29) is 0 Å². The van der Waals surface area contributed by atoms with Crippen LogP contribution in [0.3, 0.4) is 0 Å². The van der Waals surface area contributed by atoms with E-state index in [0.29, 0.717) is 17.5 Å². The van der Waals surface area contributed by atoms with Gasteiger partial charge in [-0.05, 0) is 53.6 Å². The first-order valence-electron chi connectivity index (χ1n) is 16.9. The molecule has 0 radical (unpaired) electrons. The van der Waals surface area contributed by atoms with Crippen LogP contribution in [0, 0.1) is 0 Å². The second-order valence-corrected chi connectivity index (χ2v) is 14.9. The lowest BCUT2D eigenvalue weighted by molar-refractivity contribution is 0.669. The molecule has 0 fully saturated rings. The van der Waals surface area contributed by atoms with Crippen LogP contribution >= 0.6 is 22.7 Å². The van der Waals surface area contributed by atoms with Crippen molar-refractivity contribution in [2.45, 2.75) is 0 Å². The highest BCUT2D eigenvalue weighted by Crippen LogP contribution is 2.44. The Labute approximate surface area is 299 Å². The average Bonchev–Trinajstić information content (AvgIpc) is 3.89. The van der Waals surface area contributed by atoms with E-state index in [0.717, 1.165) is 44.2 Å². The standard InChI is InChI=1S/C45H25N3OS2/c1-2-11-26(12-3-1)43-46-44(48-45(47-43)33-18-8-16-30-29-13-4-6-20-37(29)51-42(30)33)32-17-9-19-36-40(32)34-25-27(23-24-35(34)49-36)28-15-10-22-39-41(28)31-14-5-7-21-38(31)50-39/h1-25H. The maximum atomic E-state index is 6.50. The van der Waals surface area contributed by atoms with E-state index in [9.17, 15) is 0 Å². The number of furan rings is 1. The molecule has 0 aliphatic carbocycles. The van der Waals surface area contributed by atoms with Crippen molar-refractivity contribution in [1.82, 2.24) is 15.0 Å². The van der Waals surface area contributed by atoms with Crippen LogP contribution in [0.5, 0.6) is 0 Å². The fraction of sp³-hybridized carbons (Fsp3) is 0. The summed E-state index contributed by atoms with van der Waals surface area (Å²) >= 11 is 3.62. The normalized spacial score (nSPS) is 11.9. The van der Waals surface area contributed by atoms with E-state index < -0.39 is 0 Å². The minimum atomic E-state index is 0.613. The molecule has 0 unspecified atom stereocenters. The van der Waals surface area contributed by atoms with Gasteiger partial charge in [0.25, 0.3) is 0 Å². The average molecular weight is 688 g/mol. The Kier molecular flexibility index (Phi) is 6.26. The van der Waals surface area contributed by atoms with Crippen molar-refractivity contribution in [2.75, 3.05) is 0 Å². The molecule has 6 heteroatoms. The van der Waals surface area contributed by atoms with Crippen LogP contribution in [0.25, 0.3) is 108 Å². The fourth-order valence-corrected chi connectivity index (χ4v) is 9.80. The Morgan fingerprint density at radius 1 is 0.373 bits per heavy atom. The number of hydrogen-bond acceptors (Lipinski definition) is 6. The summed E-state index contributed by atoms with van der Waals surface area (Å²) in [5, 5.41) is 7.05. The van der Waals surface area contributed by atoms with Gasteiger partial charge < -0.3 is 4.42 Å². The van der Waals surface area contributed by atoms with Gasteiger partial charge in [0, 0.05) is 67.8 Å². The lowest BCUT2D eigenvalue weighted by atomic mass is 9.97. The number of fused-ring (bicyclic) bond motifs is 9. The van der Waals surface area contributed by atoms with Gasteiger partial charge in [0.1, 0.15) is 11.2 Å². The fourth-order valence-electron chi connectivity index (χ4n) is 7.45. The van der Waals surface area contributed by atoms with Crippen molar-refractivity contribution < 1.29 is 4.42 Å². The number of hydrogen-bond donors (Lipinski definition) is 0. The Morgan fingerprint density at radius 2 is 1.02 bits per heavy atom. The first-order valence-corrected chi connectivity index (χ1v) is 18.5. The predicted octanol–water partition coefficient (Wildman–Crippen LogP) is 13.2. The molecule has 11 aromatic rings. The van der Waals surface area contributed by atoms with Crippen LogP contribution in [0.4, 0.5) is 0 Å². The summed E-state index contributed by atoms with van der Waals surface area (Å²) in [5.41, 5.74) is 6.83. The van der Waals surface area contributed by atoms with Gasteiger partial charge in [-0.3, -0.25) is 0 Å².